The Kier molecular flexibility index (Phi) is 6.06. The van der Waals surface area contributed by atoms with Crippen LogP contribution in [0.25, 0.3) is 0 Å². The Balaban J connectivity index is 1.71. The van der Waals surface area contributed by atoms with Crippen LogP contribution in [0.15, 0.2) is 54.7 Å². The molecular formula is C20H18N4O6. The minimum absolute atomic E-state index is 0.00256. The number of benzene rings is 2. The van der Waals surface area contributed by atoms with E-state index < -0.39 is 16.8 Å². The van der Waals surface area contributed by atoms with Gasteiger partial charge in [0.15, 0.2) is 5.69 Å². The number of hydrogen-bond acceptors (Lipinski definition) is 6. The van der Waals surface area contributed by atoms with E-state index in [-0.39, 0.29) is 35.8 Å². The highest BCUT2D eigenvalue weighted by Crippen LogP contribution is 2.31. The van der Waals surface area contributed by atoms with Gasteiger partial charge in [-0.2, -0.15) is 5.10 Å². The minimum atomic E-state index is -1.16. The molecule has 0 radical (unpaired) electrons. The molecule has 0 bridgehead atoms. The number of carboxylic acid groups (broad SMARTS) is 1. The number of para-hydroxylation sites is 1. The van der Waals surface area contributed by atoms with Crippen LogP contribution in [0.2, 0.25) is 0 Å². The van der Waals surface area contributed by atoms with E-state index in [2.05, 4.69) is 10.4 Å². The third kappa shape index (κ3) is 5.19. The lowest BCUT2D eigenvalue weighted by Crippen LogP contribution is -2.15. The van der Waals surface area contributed by atoms with Crippen molar-refractivity contribution in [3.63, 3.8) is 0 Å². The number of aromatic nitrogens is 2. The summed E-state index contributed by atoms with van der Waals surface area (Å²) in [6, 6.07) is 12.6. The summed E-state index contributed by atoms with van der Waals surface area (Å²) in [5.74, 6) is -0.809. The van der Waals surface area contributed by atoms with Crippen molar-refractivity contribution < 1.29 is 24.4 Å². The zero-order valence-corrected chi connectivity index (χ0v) is 15.9. The summed E-state index contributed by atoms with van der Waals surface area (Å²) in [6.07, 6.45) is 1.45. The van der Waals surface area contributed by atoms with Crippen molar-refractivity contribution >= 4 is 23.3 Å². The number of aromatic carboxylic acids is 1. The van der Waals surface area contributed by atoms with Crippen molar-refractivity contribution in [2.75, 3.05) is 5.32 Å². The molecule has 2 aromatic carbocycles. The maximum Gasteiger partial charge on any atom is 0.356 e. The maximum absolute atomic E-state index is 12.3. The quantitative estimate of drug-likeness (QED) is 0.427. The van der Waals surface area contributed by atoms with Crippen molar-refractivity contribution in [3.05, 3.63) is 76.1 Å². The standard InChI is InChI=1S/C20H18N4O6/c1-13-4-2-3-5-18(13)30-16-11-14(10-15(12-16)24(28)29)21-19(25)7-9-23-8-6-17(22-23)20(26)27/h2-6,8,10-12H,7,9H2,1H3,(H,21,25)(H,26,27). The van der Waals surface area contributed by atoms with Crippen LogP contribution in [0, 0.1) is 17.0 Å². The molecule has 0 unspecified atom stereocenters. The zero-order valence-electron chi connectivity index (χ0n) is 15.9. The predicted molar refractivity (Wildman–Crippen MR) is 107 cm³/mol. The smallest absolute Gasteiger partial charge is 0.356 e. The van der Waals surface area contributed by atoms with Crippen LogP contribution in [0.3, 0.4) is 0 Å². The predicted octanol–water partition coefficient (Wildman–Crippen LogP) is 3.62. The molecule has 30 heavy (non-hydrogen) atoms. The molecular weight excluding hydrogens is 392 g/mol. The van der Waals surface area contributed by atoms with Gasteiger partial charge in [0.05, 0.1) is 16.7 Å². The van der Waals surface area contributed by atoms with Gasteiger partial charge in [-0.25, -0.2) is 4.79 Å². The number of nitrogens with zero attached hydrogens (tertiary/aromatic N) is 3. The van der Waals surface area contributed by atoms with Gasteiger partial charge in [-0.3, -0.25) is 19.6 Å². The molecule has 2 N–H and O–H groups in total. The minimum Gasteiger partial charge on any atom is -0.476 e. The van der Waals surface area contributed by atoms with E-state index in [0.29, 0.717) is 5.75 Å². The van der Waals surface area contributed by atoms with Gasteiger partial charge in [0.25, 0.3) is 5.69 Å². The fourth-order valence-electron chi connectivity index (χ4n) is 2.66. The first kappa shape index (κ1) is 20.5. The number of nitro benzene ring substituents is 1. The Labute approximate surface area is 170 Å². The first-order valence-corrected chi connectivity index (χ1v) is 8.91. The monoisotopic (exact) mass is 410 g/mol. The van der Waals surface area contributed by atoms with Crippen LogP contribution < -0.4 is 10.1 Å². The van der Waals surface area contributed by atoms with Gasteiger partial charge in [0.1, 0.15) is 11.5 Å². The first-order valence-electron chi connectivity index (χ1n) is 8.91. The second kappa shape index (κ2) is 8.86. The first-order chi connectivity index (χ1) is 14.3. The van der Waals surface area contributed by atoms with Gasteiger partial charge in [-0.15, -0.1) is 0 Å². The molecule has 1 amide bonds. The van der Waals surface area contributed by atoms with E-state index in [9.17, 15) is 19.7 Å². The molecule has 0 atom stereocenters. The van der Waals surface area contributed by atoms with Crippen molar-refractivity contribution in [1.82, 2.24) is 9.78 Å². The summed E-state index contributed by atoms with van der Waals surface area (Å²) in [5, 5.41) is 26.5. The largest absolute Gasteiger partial charge is 0.476 e. The molecule has 10 nitrogen and oxygen atoms in total. The molecule has 0 saturated heterocycles. The number of non-ortho nitro benzene ring substituents is 1. The molecule has 0 aliphatic carbocycles. The summed E-state index contributed by atoms with van der Waals surface area (Å²) >= 11 is 0. The highest BCUT2D eigenvalue weighted by atomic mass is 16.6. The van der Waals surface area contributed by atoms with Crippen LogP contribution in [0.5, 0.6) is 11.5 Å². The normalized spacial score (nSPS) is 10.4. The summed E-state index contributed by atoms with van der Waals surface area (Å²) in [6.45, 7) is 2.00. The summed E-state index contributed by atoms with van der Waals surface area (Å²) < 4.78 is 7.09. The number of anilines is 1. The molecule has 154 valence electrons. The SMILES string of the molecule is Cc1ccccc1Oc1cc(NC(=O)CCn2ccc(C(=O)O)n2)cc([N+](=O)[O-])c1. The third-order valence-electron chi connectivity index (χ3n) is 4.14. The van der Waals surface area contributed by atoms with Crippen LogP contribution in [0.1, 0.15) is 22.5 Å². The molecule has 10 heteroatoms. The Morgan fingerprint density at radius 1 is 1.23 bits per heavy atom. The maximum atomic E-state index is 12.3. The van der Waals surface area contributed by atoms with Gasteiger partial charge < -0.3 is 15.2 Å². The Morgan fingerprint density at radius 3 is 2.67 bits per heavy atom. The van der Waals surface area contributed by atoms with Gasteiger partial charge in [-0.05, 0) is 24.6 Å². The van der Waals surface area contributed by atoms with Gasteiger partial charge >= 0.3 is 5.97 Å². The molecule has 3 rings (SSSR count). The summed E-state index contributed by atoms with van der Waals surface area (Å²) in [7, 11) is 0. The molecule has 1 aromatic heterocycles. The fraction of sp³-hybridized carbons (Fsp3) is 0.150. The Bertz CT molecular complexity index is 1110. The average Bonchev–Trinajstić information content (AvgIpc) is 3.17. The number of aryl methyl sites for hydroxylation is 2. The lowest BCUT2D eigenvalue weighted by atomic mass is 10.2. The number of nitrogens with one attached hydrogen (secondary N) is 1. The topological polar surface area (TPSA) is 137 Å². The summed E-state index contributed by atoms with van der Waals surface area (Å²) in [4.78, 5) is 33.8. The molecule has 3 aromatic rings. The fourth-order valence-corrected chi connectivity index (χ4v) is 2.66. The third-order valence-corrected chi connectivity index (χ3v) is 4.14. The van der Waals surface area contributed by atoms with Crippen LogP contribution in [-0.4, -0.2) is 31.7 Å². The molecule has 0 fully saturated rings. The number of amides is 1. The van der Waals surface area contributed by atoms with E-state index in [1.54, 1.807) is 12.1 Å². The van der Waals surface area contributed by atoms with Crippen molar-refractivity contribution in [3.8, 4) is 11.5 Å². The number of ether oxygens (including phenoxy) is 1. The molecule has 0 aliphatic heterocycles. The van der Waals surface area contributed by atoms with Gasteiger partial charge in [0.2, 0.25) is 5.91 Å². The van der Waals surface area contributed by atoms with E-state index in [1.165, 1.54) is 35.1 Å². The van der Waals surface area contributed by atoms with Crippen molar-refractivity contribution in [1.29, 1.82) is 0 Å². The number of carboxylic acids is 1. The van der Waals surface area contributed by atoms with Crippen LogP contribution >= 0.6 is 0 Å². The van der Waals surface area contributed by atoms with Crippen LogP contribution in [-0.2, 0) is 11.3 Å². The van der Waals surface area contributed by atoms with E-state index >= 15 is 0 Å². The highest BCUT2D eigenvalue weighted by molar-refractivity contribution is 5.91. The van der Waals surface area contributed by atoms with E-state index in [4.69, 9.17) is 9.84 Å². The van der Waals surface area contributed by atoms with E-state index in [1.807, 2.05) is 19.1 Å². The number of rotatable bonds is 8. The number of hydrogen-bond donors (Lipinski definition) is 2. The summed E-state index contributed by atoms with van der Waals surface area (Å²) in [5.41, 5.74) is 0.723. The lowest BCUT2D eigenvalue weighted by molar-refractivity contribution is -0.384. The lowest BCUT2D eigenvalue weighted by Gasteiger charge is -2.11. The Morgan fingerprint density at radius 2 is 2.00 bits per heavy atom. The van der Waals surface area contributed by atoms with Gasteiger partial charge in [0, 0.05) is 31.3 Å². The number of nitro groups is 1. The van der Waals surface area contributed by atoms with Crippen LogP contribution in [0.4, 0.5) is 11.4 Å². The Hall–Kier alpha value is -4.21. The zero-order chi connectivity index (χ0) is 21.7. The number of carbonyl (C=O) groups excluding carboxylic acids is 1. The molecule has 0 saturated carbocycles. The number of carbonyl (C=O) groups is 2. The second-order valence-corrected chi connectivity index (χ2v) is 6.41. The average molecular weight is 410 g/mol. The molecule has 1 heterocycles. The highest BCUT2D eigenvalue weighted by Gasteiger charge is 2.14. The van der Waals surface area contributed by atoms with E-state index in [0.717, 1.165) is 5.56 Å². The van der Waals surface area contributed by atoms with Gasteiger partial charge in [-0.1, -0.05) is 18.2 Å². The van der Waals surface area contributed by atoms with Crippen molar-refractivity contribution in [2.24, 2.45) is 0 Å². The molecule has 0 spiro atoms. The molecule has 0 aliphatic rings. The van der Waals surface area contributed by atoms with Crippen molar-refractivity contribution in [2.45, 2.75) is 19.9 Å². The second-order valence-electron chi connectivity index (χ2n) is 6.41.